The van der Waals surface area contributed by atoms with Gasteiger partial charge in [0.1, 0.15) is 5.75 Å². The van der Waals surface area contributed by atoms with Gasteiger partial charge in [0.05, 0.1) is 25.8 Å². The minimum Gasteiger partial charge on any atom is -0.493 e. The van der Waals surface area contributed by atoms with E-state index in [4.69, 9.17) is 19.3 Å². The van der Waals surface area contributed by atoms with E-state index in [0.29, 0.717) is 22.8 Å². The van der Waals surface area contributed by atoms with Crippen LogP contribution in [0, 0.1) is 0 Å². The molecule has 0 aromatic heterocycles. The molecule has 0 radical (unpaired) electrons. The van der Waals surface area contributed by atoms with Crippen molar-refractivity contribution in [3.63, 3.8) is 0 Å². The third-order valence-corrected chi connectivity index (χ3v) is 3.74. The summed E-state index contributed by atoms with van der Waals surface area (Å²) in [6, 6.07) is 11.7. The number of hydrogen-bond acceptors (Lipinski definition) is 5. The van der Waals surface area contributed by atoms with Gasteiger partial charge in [-0.3, -0.25) is 4.79 Å². The molecule has 0 saturated carbocycles. The molecule has 2 rings (SSSR count). The smallest absolute Gasteiger partial charge is 0.341 e. The molecule has 0 bridgehead atoms. The highest BCUT2D eigenvalue weighted by atomic mass is 16.5. The zero-order valence-corrected chi connectivity index (χ0v) is 14.8. The van der Waals surface area contributed by atoms with Gasteiger partial charge in [-0.15, -0.1) is 0 Å². The lowest BCUT2D eigenvalue weighted by Crippen LogP contribution is -2.27. The van der Waals surface area contributed by atoms with Gasteiger partial charge >= 0.3 is 5.97 Å². The fraction of sp³-hybridized carbons (Fsp3) is 0.263. The Morgan fingerprint density at radius 2 is 1.77 bits per heavy atom. The van der Waals surface area contributed by atoms with Crippen molar-refractivity contribution in [3.8, 4) is 17.2 Å². The third kappa shape index (κ3) is 4.66. The normalized spacial score (nSPS) is 11.3. The number of para-hydroxylation sites is 1. The Kier molecular flexibility index (Phi) is 6.43. The minimum absolute atomic E-state index is 0.271. The van der Waals surface area contributed by atoms with E-state index in [1.54, 1.807) is 42.5 Å². The molecule has 26 heavy (non-hydrogen) atoms. The summed E-state index contributed by atoms with van der Waals surface area (Å²) in [6.45, 7) is 1.44. The summed E-state index contributed by atoms with van der Waals surface area (Å²) >= 11 is 0. The summed E-state index contributed by atoms with van der Waals surface area (Å²) in [5.41, 5.74) is 1.22. The molecule has 0 heterocycles. The topological polar surface area (TPSA) is 94.1 Å². The van der Waals surface area contributed by atoms with Crippen LogP contribution in [-0.4, -0.2) is 37.8 Å². The maximum atomic E-state index is 12.6. The van der Waals surface area contributed by atoms with Crippen LogP contribution >= 0.6 is 0 Å². The molecule has 7 heteroatoms. The number of ether oxygens (including phenoxy) is 3. The summed E-state index contributed by atoms with van der Waals surface area (Å²) in [5.74, 6) is -0.0320. The van der Waals surface area contributed by atoms with Gasteiger partial charge in [0.25, 0.3) is 5.91 Å². The third-order valence-electron chi connectivity index (χ3n) is 3.74. The Balaban J connectivity index is 2.08. The Morgan fingerprint density at radius 3 is 2.35 bits per heavy atom. The summed E-state index contributed by atoms with van der Waals surface area (Å²) in [7, 11) is 2.99. The van der Waals surface area contributed by atoms with Crippen molar-refractivity contribution in [2.75, 3.05) is 20.8 Å². The van der Waals surface area contributed by atoms with E-state index in [2.05, 4.69) is 5.32 Å². The molecule has 1 amide bonds. The summed E-state index contributed by atoms with van der Waals surface area (Å²) in [4.78, 5) is 23.1. The zero-order chi connectivity index (χ0) is 19.1. The second-order valence-corrected chi connectivity index (χ2v) is 5.49. The van der Waals surface area contributed by atoms with Gasteiger partial charge in [0.15, 0.2) is 18.1 Å². The van der Waals surface area contributed by atoms with Crippen LogP contribution in [-0.2, 0) is 4.79 Å². The molecule has 7 nitrogen and oxygen atoms in total. The lowest BCUT2D eigenvalue weighted by atomic mass is 10.1. The number of methoxy groups -OCH3 is 2. The molecular formula is C19H21NO6. The average Bonchev–Trinajstić information content (AvgIpc) is 2.65. The lowest BCUT2D eigenvalue weighted by molar-refractivity contribution is -0.139. The number of carbonyl (C=O) groups excluding carboxylic acids is 1. The number of benzene rings is 2. The molecule has 0 saturated heterocycles. The molecule has 138 valence electrons. The number of rotatable bonds is 8. The molecule has 0 aliphatic heterocycles. The summed E-state index contributed by atoms with van der Waals surface area (Å²) in [6.07, 6.45) is 0. The highest BCUT2D eigenvalue weighted by molar-refractivity contribution is 5.98. The average molecular weight is 359 g/mol. The summed E-state index contributed by atoms with van der Waals surface area (Å²) in [5, 5.41) is 11.5. The molecule has 1 unspecified atom stereocenters. The number of aliphatic carboxylic acids is 1. The first kappa shape index (κ1) is 19.1. The lowest BCUT2D eigenvalue weighted by Gasteiger charge is -2.17. The molecule has 2 aromatic rings. The van der Waals surface area contributed by atoms with Gasteiger partial charge < -0.3 is 24.6 Å². The number of carboxylic acids is 1. The molecule has 0 aliphatic rings. The van der Waals surface area contributed by atoms with Gasteiger partial charge in [-0.1, -0.05) is 18.2 Å². The Morgan fingerprint density at radius 1 is 1.08 bits per heavy atom. The standard InChI is InChI=1S/C19H21NO6/c1-12(13-7-9-14(10-8-13)26-11-17(21)22)20-19(23)15-5-4-6-16(24-2)18(15)25-3/h4-10,12H,11H2,1-3H3,(H,20,23)(H,21,22). The van der Waals surface area contributed by atoms with E-state index in [1.165, 1.54) is 14.2 Å². The van der Waals surface area contributed by atoms with Crippen molar-refractivity contribution in [2.45, 2.75) is 13.0 Å². The predicted molar refractivity (Wildman–Crippen MR) is 95.0 cm³/mol. The second-order valence-electron chi connectivity index (χ2n) is 5.49. The quantitative estimate of drug-likeness (QED) is 0.753. The molecule has 0 aliphatic carbocycles. The zero-order valence-electron chi connectivity index (χ0n) is 14.8. The first-order chi connectivity index (χ1) is 12.5. The fourth-order valence-corrected chi connectivity index (χ4v) is 2.42. The van der Waals surface area contributed by atoms with Crippen LogP contribution in [0.2, 0.25) is 0 Å². The first-order valence-electron chi connectivity index (χ1n) is 7.92. The van der Waals surface area contributed by atoms with Crippen molar-refractivity contribution in [1.82, 2.24) is 5.32 Å². The van der Waals surface area contributed by atoms with Gasteiger partial charge in [0.2, 0.25) is 0 Å². The number of amides is 1. The maximum absolute atomic E-state index is 12.6. The number of carboxylic acid groups (broad SMARTS) is 1. The highest BCUT2D eigenvalue weighted by Gasteiger charge is 2.18. The van der Waals surface area contributed by atoms with Crippen molar-refractivity contribution in [2.24, 2.45) is 0 Å². The molecule has 0 spiro atoms. The van der Waals surface area contributed by atoms with Crippen LogP contribution in [0.4, 0.5) is 0 Å². The van der Waals surface area contributed by atoms with Gasteiger partial charge in [0, 0.05) is 0 Å². The van der Waals surface area contributed by atoms with E-state index in [0.717, 1.165) is 5.56 Å². The van der Waals surface area contributed by atoms with Crippen LogP contribution in [0.15, 0.2) is 42.5 Å². The van der Waals surface area contributed by atoms with Crippen LogP contribution in [0.5, 0.6) is 17.2 Å². The molecular weight excluding hydrogens is 338 g/mol. The largest absolute Gasteiger partial charge is 0.493 e. The Hall–Kier alpha value is -3.22. The first-order valence-corrected chi connectivity index (χ1v) is 7.92. The van der Waals surface area contributed by atoms with Gasteiger partial charge in [-0.2, -0.15) is 0 Å². The second kappa shape index (κ2) is 8.75. The SMILES string of the molecule is COc1cccc(C(=O)NC(C)c2ccc(OCC(=O)O)cc2)c1OC. The maximum Gasteiger partial charge on any atom is 0.341 e. The molecule has 1 atom stereocenters. The minimum atomic E-state index is -1.04. The van der Waals surface area contributed by atoms with Gasteiger partial charge in [-0.05, 0) is 36.8 Å². The van der Waals surface area contributed by atoms with Crippen LogP contribution in [0.25, 0.3) is 0 Å². The number of hydrogen-bond donors (Lipinski definition) is 2. The van der Waals surface area contributed by atoms with E-state index in [-0.39, 0.29) is 11.9 Å². The van der Waals surface area contributed by atoms with E-state index in [9.17, 15) is 9.59 Å². The molecule has 2 N–H and O–H groups in total. The number of nitrogens with one attached hydrogen (secondary N) is 1. The van der Waals surface area contributed by atoms with E-state index >= 15 is 0 Å². The Bertz CT molecular complexity index is 772. The van der Waals surface area contributed by atoms with Crippen molar-refractivity contribution in [3.05, 3.63) is 53.6 Å². The van der Waals surface area contributed by atoms with Crippen LogP contribution in [0.1, 0.15) is 28.9 Å². The molecule has 2 aromatic carbocycles. The monoisotopic (exact) mass is 359 g/mol. The Labute approximate surface area is 151 Å². The number of carbonyl (C=O) groups is 2. The van der Waals surface area contributed by atoms with Crippen molar-refractivity contribution in [1.29, 1.82) is 0 Å². The van der Waals surface area contributed by atoms with Crippen LogP contribution in [0.3, 0.4) is 0 Å². The van der Waals surface area contributed by atoms with Gasteiger partial charge in [-0.25, -0.2) is 4.79 Å². The van der Waals surface area contributed by atoms with Crippen molar-refractivity contribution < 1.29 is 28.9 Å². The van der Waals surface area contributed by atoms with E-state index in [1.807, 2.05) is 6.92 Å². The predicted octanol–water partition coefficient (Wildman–Crippen LogP) is 2.66. The van der Waals surface area contributed by atoms with E-state index < -0.39 is 12.6 Å². The van der Waals surface area contributed by atoms with Crippen LogP contribution < -0.4 is 19.5 Å². The fourth-order valence-electron chi connectivity index (χ4n) is 2.42. The molecule has 0 fully saturated rings. The van der Waals surface area contributed by atoms with Crippen molar-refractivity contribution >= 4 is 11.9 Å². The highest BCUT2D eigenvalue weighted by Crippen LogP contribution is 2.31. The summed E-state index contributed by atoms with van der Waals surface area (Å²) < 4.78 is 15.6.